The van der Waals surface area contributed by atoms with E-state index in [1.54, 1.807) is 20.8 Å². The van der Waals surface area contributed by atoms with Crippen molar-refractivity contribution >= 4 is 17.9 Å². The van der Waals surface area contributed by atoms with Gasteiger partial charge < -0.3 is 28.4 Å². The highest BCUT2D eigenvalue weighted by Crippen LogP contribution is 2.45. The molecule has 0 saturated heterocycles. The number of ether oxygens (including phenoxy) is 6. The largest absolute Gasteiger partial charge is 0.492 e. The molecular weight excluding hydrogens is 360 g/mol. The third kappa shape index (κ3) is 4.42. The topological polar surface area (TPSA) is 107 Å². The van der Waals surface area contributed by atoms with Crippen LogP contribution in [0.25, 0.3) is 0 Å². The Morgan fingerprint density at radius 1 is 0.556 bits per heavy atom. The van der Waals surface area contributed by atoms with E-state index in [2.05, 4.69) is 0 Å². The van der Waals surface area contributed by atoms with Gasteiger partial charge in [-0.2, -0.15) is 0 Å². The van der Waals surface area contributed by atoms with Crippen molar-refractivity contribution < 1.29 is 42.8 Å². The van der Waals surface area contributed by atoms with Crippen LogP contribution in [0.3, 0.4) is 0 Å². The van der Waals surface area contributed by atoms with Gasteiger partial charge in [0.2, 0.25) is 0 Å². The van der Waals surface area contributed by atoms with Crippen LogP contribution < -0.4 is 14.2 Å². The minimum absolute atomic E-state index is 0.114. The Kier molecular flexibility index (Phi) is 8.37. The molecule has 1 rings (SSSR count). The second-order valence-electron chi connectivity index (χ2n) is 4.89. The lowest BCUT2D eigenvalue weighted by atomic mass is 9.99. The highest BCUT2D eigenvalue weighted by molar-refractivity contribution is 6.10. The van der Waals surface area contributed by atoms with E-state index in [1.807, 2.05) is 0 Å². The predicted octanol–water partition coefficient (Wildman–Crippen LogP) is 2.24. The molecule has 0 atom stereocenters. The van der Waals surface area contributed by atoms with Crippen molar-refractivity contribution in [2.24, 2.45) is 0 Å². The molecule has 0 fully saturated rings. The van der Waals surface area contributed by atoms with Crippen LogP contribution in [0.5, 0.6) is 17.2 Å². The Morgan fingerprint density at radius 2 is 0.778 bits per heavy atom. The summed E-state index contributed by atoms with van der Waals surface area (Å²) in [5, 5.41) is 0. The molecular formula is C18H24O9. The second-order valence-corrected chi connectivity index (χ2v) is 4.89. The Labute approximate surface area is 157 Å². The number of benzene rings is 1. The van der Waals surface area contributed by atoms with E-state index in [1.165, 1.54) is 0 Å². The monoisotopic (exact) mass is 384 g/mol. The standard InChI is InChI=1S/C18H24O9/c1-7-25-13-10(16(19)22-4)14(26-8-2)12(18(21)24-6)15(27-9-3)11(13)17(20)23-5/h7-9H2,1-6H3. The Bertz CT molecular complexity index is 593. The molecule has 0 unspecified atom stereocenters. The van der Waals surface area contributed by atoms with Gasteiger partial charge in [-0.05, 0) is 20.8 Å². The van der Waals surface area contributed by atoms with Crippen molar-refractivity contribution in [3.05, 3.63) is 16.7 Å². The van der Waals surface area contributed by atoms with Gasteiger partial charge in [0, 0.05) is 0 Å². The van der Waals surface area contributed by atoms with E-state index in [4.69, 9.17) is 28.4 Å². The van der Waals surface area contributed by atoms with Crippen molar-refractivity contribution in [3.8, 4) is 17.2 Å². The zero-order valence-corrected chi connectivity index (χ0v) is 16.3. The molecule has 0 N–H and O–H groups in total. The molecule has 0 aliphatic heterocycles. The molecule has 9 nitrogen and oxygen atoms in total. The summed E-state index contributed by atoms with van der Waals surface area (Å²) < 4.78 is 31.0. The number of methoxy groups -OCH3 is 3. The Morgan fingerprint density at radius 3 is 0.926 bits per heavy atom. The summed E-state index contributed by atoms with van der Waals surface area (Å²) in [6.45, 7) is 5.33. The van der Waals surface area contributed by atoms with E-state index >= 15 is 0 Å². The number of carbonyl (C=O) groups is 3. The maximum Gasteiger partial charge on any atom is 0.345 e. The third-order valence-electron chi connectivity index (χ3n) is 3.40. The maximum atomic E-state index is 12.5. The van der Waals surface area contributed by atoms with Gasteiger partial charge in [0.1, 0.15) is 16.7 Å². The van der Waals surface area contributed by atoms with E-state index in [0.29, 0.717) is 0 Å². The first kappa shape index (κ1) is 22.1. The zero-order chi connectivity index (χ0) is 20.6. The molecule has 0 aliphatic carbocycles. The lowest BCUT2D eigenvalue weighted by Crippen LogP contribution is -2.20. The Balaban J connectivity index is 4.18. The normalized spacial score (nSPS) is 10.0. The summed E-state index contributed by atoms with van der Waals surface area (Å²) in [7, 11) is 3.46. The minimum Gasteiger partial charge on any atom is -0.492 e. The molecule has 0 bridgehead atoms. The van der Waals surface area contributed by atoms with Crippen molar-refractivity contribution in [2.75, 3.05) is 41.2 Å². The van der Waals surface area contributed by atoms with Gasteiger partial charge >= 0.3 is 17.9 Å². The van der Waals surface area contributed by atoms with Crippen LogP contribution in [0, 0.1) is 0 Å². The first-order chi connectivity index (χ1) is 12.9. The van der Waals surface area contributed by atoms with Crippen LogP contribution >= 0.6 is 0 Å². The van der Waals surface area contributed by atoms with Gasteiger partial charge in [-0.15, -0.1) is 0 Å². The van der Waals surface area contributed by atoms with Gasteiger partial charge in [-0.3, -0.25) is 0 Å². The minimum atomic E-state index is -0.861. The highest BCUT2D eigenvalue weighted by atomic mass is 16.5. The van der Waals surface area contributed by atoms with E-state index in [0.717, 1.165) is 21.3 Å². The summed E-state index contributed by atoms with van der Waals surface area (Å²) in [6, 6.07) is 0. The fourth-order valence-corrected chi connectivity index (χ4v) is 2.41. The van der Waals surface area contributed by atoms with Crippen LogP contribution in [0.15, 0.2) is 0 Å². The molecule has 0 radical (unpaired) electrons. The Hall–Kier alpha value is -2.97. The molecule has 150 valence electrons. The number of hydrogen-bond acceptors (Lipinski definition) is 9. The van der Waals surface area contributed by atoms with Gasteiger partial charge in [0.15, 0.2) is 17.2 Å². The summed E-state index contributed by atoms with van der Waals surface area (Å²) in [5.74, 6) is -3.05. The fourth-order valence-electron chi connectivity index (χ4n) is 2.41. The van der Waals surface area contributed by atoms with E-state index in [9.17, 15) is 14.4 Å². The number of esters is 3. The third-order valence-corrected chi connectivity index (χ3v) is 3.40. The predicted molar refractivity (Wildman–Crippen MR) is 94.0 cm³/mol. The fraction of sp³-hybridized carbons (Fsp3) is 0.500. The van der Waals surface area contributed by atoms with Crippen LogP contribution in [0.1, 0.15) is 51.8 Å². The summed E-state index contributed by atoms with van der Waals surface area (Å²) >= 11 is 0. The lowest BCUT2D eigenvalue weighted by Gasteiger charge is -2.22. The number of rotatable bonds is 9. The first-order valence-electron chi connectivity index (χ1n) is 8.30. The van der Waals surface area contributed by atoms with Crippen LogP contribution in [-0.2, 0) is 14.2 Å². The molecule has 0 saturated carbocycles. The molecule has 1 aromatic carbocycles. The van der Waals surface area contributed by atoms with Gasteiger partial charge in [-0.1, -0.05) is 0 Å². The van der Waals surface area contributed by atoms with E-state index in [-0.39, 0.29) is 53.8 Å². The molecule has 0 spiro atoms. The summed E-state index contributed by atoms with van der Waals surface area (Å²) in [4.78, 5) is 37.4. The van der Waals surface area contributed by atoms with Crippen LogP contribution in [0.4, 0.5) is 0 Å². The smallest absolute Gasteiger partial charge is 0.345 e. The molecule has 1 aromatic rings. The van der Waals surface area contributed by atoms with Gasteiger partial charge in [0.05, 0.1) is 41.2 Å². The molecule has 9 heteroatoms. The SMILES string of the molecule is CCOc1c(C(=O)OC)c(OCC)c(C(=O)OC)c(OCC)c1C(=O)OC. The van der Waals surface area contributed by atoms with Gasteiger partial charge in [-0.25, -0.2) is 14.4 Å². The molecule has 0 heterocycles. The maximum absolute atomic E-state index is 12.5. The van der Waals surface area contributed by atoms with Crippen LogP contribution in [0.2, 0.25) is 0 Å². The molecule has 0 aromatic heterocycles. The first-order valence-corrected chi connectivity index (χ1v) is 8.30. The van der Waals surface area contributed by atoms with E-state index < -0.39 is 17.9 Å². The summed E-state index contributed by atoms with van der Waals surface area (Å²) in [5.41, 5.74) is -0.693. The van der Waals surface area contributed by atoms with Crippen LogP contribution in [-0.4, -0.2) is 59.1 Å². The quantitative estimate of drug-likeness (QED) is 0.468. The molecule has 27 heavy (non-hydrogen) atoms. The average Bonchev–Trinajstić information content (AvgIpc) is 2.67. The number of carbonyl (C=O) groups excluding carboxylic acids is 3. The van der Waals surface area contributed by atoms with Crippen molar-refractivity contribution in [3.63, 3.8) is 0 Å². The second kappa shape index (κ2) is 10.2. The summed E-state index contributed by atoms with van der Waals surface area (Å²) in [6.07, 6.45) is 0. The average molecular weight is 384 g/mol. The molecule has 0 aliphatic rings. The zero-order valence-electron chi connectivity index (χ0n) is 16.3. The molecule has 0 amide bonds. The highest BCUT2D eigenvalue weighted by Gasteiger charge is 2.37. The number of hydrogen-bond donors (Lipinski definition) is 0. The van der Waals surface area contributed by atoms with Crippen molar-refractivity contribution in [1.29, 1.82) is 0 Å². The lowest BCUT2D eigenvalue weighted by molar-refractivity contribution is 0.0576. The van der Waals surface area contributed by atoms with Gasteiger partial charge in [0.25, 0.3) is 0 Å². The van der Waals surface area contributed by atoms with Crippen molar-refractivity contribution in [2.45, 2.75) is 20.8 Å². The van der Waals surface area contributed by atoms with Crippen molar-refractivity contribution in [1.82, 2.24) is 0 Å².